The van der Waals surface area contributed by atoms with E-state index < -0.39 is 0 Å². The van der Waals surface area contributed by atoms with Crippen molar-refractivity contribution in [3.8, 4) is 6.19 Å². The minimum absolute atomic E-state index is 0.324. The molecule has 0 bridgehead atoms. The Kier molecular flexibility index (Phi) is 2.32. The van der Waals surface area contributed by atoms with Crippen molar-refractivity contribution in [2.45, 2.75) is 12.8 Å². The molecule has 0 radical (unpaired) electrons. The third kappa shape index (κ3) is 1.61. The molecule has 4 nitrogen and oxygen atoms in total. The first kappa shape index (κ1) is 7.86. The minimum atomic E-state index is 0.324. The Balaban J connectivity index is 2.47. The zero-order valence-electron chi connectivity index (χ0n) is 6.67. The second kappa shape index (κ2) is 3.24. The molecule has 1 N–H and O–H groups in total. The maximum absolute atomic E-state index is 8.47. The van der Waals surface area contributed by atoms with E-state index in [1.807, 2.05) is 11.1 Å². The van der Waals surface area contributed by atoms with Gasteiger partial charge in [-0.15, -0.1) is 0 Å². The molecule has 0 saturated carbocycles. The smallest absolute Gasteiger partial charge is 0.206 e. The number of likely N-dealkylation sites (tertiary alicyclic amines) is 1. The summed E-state index contributed by atoms with van der Waals surface area (Å²) in [5.41, 5.74) is 0. The van der Waals surface area contributed by atoms with Crippen LogP contribution in [-0.4, -0.2) is 35.9 Å². The van der Waals surface area contributed by atoms with Crippen LogP contribution in [0.2, 0.25) is 0 Å². The fraction of sp³-hybridized carbons (Fsp3) is 0.714. The topological polar surface area (TPSA) is 54.1 Å². The molecular formula is C7H12N4. The highest BCUT2D eigenvalue weighted by atomic mass is 15.3. The largest absolute Gasteiger partial charge is 0.342 e. The van der Waals surface area contributed by atoms with Gasteiger partial charge in [-0.3, -0.25) is 10.3 Å². The van der Waals surface area contributed by atoms with Crippen molar-refractivity contribution in [1.29, 1.82) is 10.7 Å². The van der Waals surface area contributed by atoms with Gasteiger partial charge in [-0.1, -0.05) is 0 Å². The lowest BCUT2D eigenvalue weighted by atomic mass is 10.4. The van der Waals surface area contributed by atoms with E-state index in [9.17, 15) is 0 Å². The molecule has 0 aromatic heterocycles. The van der Waals surface area contributed by atoms with Crippen LogP contribution in [0.3, 0.4) is 0 Å². The molecule has 0 atom stereocenters. The average Bonchev–Trinajstić information content (AvgIpc) is 2.53. The molecular weight excluding hydrogens is 140 g/mol. The molecule has 1 fully saturated rings. The lowest BCUT2D eigenvalue weighted by Crippen LogP contribution is -2.37. The lowest BCUT2D eigenvalue weighted by molar-refractivity contribution is 0.448. The second-order valence-corrected chi connectivity index (χ2v) is 2.68. The van der Waals surface area contributed by atoms with Gasteiger partial charge in [0.05, 0.1) is 0 Å². The van der Waals surface area contributed by atoms with Crippen molar-refractivity contribution in [2.75, 3.05) is 20.1 Å². The SMILES string of the molecule is CN(C#N)C(=N)N1CCCC1. The summed E-state index contributed by atoms with van der Waals surface area (Å²) in [7, 11) is 1.61. The second-order valence-electron chi connectivity index (χ2n) is 2.68. The van der Waals surface area contributed by atoms with Crippen molar-refractivity contribution in [3.05, 3.63) is 0 Å². The lowest BCUT2D eigenvalue weighted by Gasteiger charge is -2.21. The molecule has 0 aromatic carbocycles. The summed E-state index contributed by atoms with van der Waals surface area (Å²) in [6.07, 6.45) is 4.19. The first-order valence-corrected chi connectivity index (χ1v) is 3.72. The predicted molar refractivity (Wildman–Crippen MR) is 41.9 cm³/mol. The third-order valence-corrected chi connectivity index (χ3v) is 1.87. The van der Waals surface area contributed by atoms with Gasteiger partial charge in [-0.2, -0.15) is 5.26 Å². The molecule has 1 aliphatic heterocycles. The first-order valence-electron chi connectivity index (χ1n) is 3.72. The van der Waals surface area contributed by atoms with Crippen LogP contribution in [0.1, 0.15) is 12.8 Å². The Morgan fingerprint density at radius 1 is 1.55 bits per heavy atom. The minimum Gasteiger partial charge on any atom is -0.342 e. The van der Waals surface area contributed by atoms with Crippen LogP contribution in [-0.2, 0) is 0 Å². The highest BCUT2D eigenvalue weighted by Gasteiger charge is 2.17. The van der Waals surface area contributed by atoms with Crippen molar-refractivity contribution in [1.82, 2.24) is 9.80 Å². The van der Waals surface area contributed by atoms with E-state index in [1.54, 1.807) is 7.05 Å². The molecule has 1 heterocycles. The summed E-state index contributed by atoms with van der Waals surface area (Å²) < 4.78 is 0. The van der Waals surface area contributed by atoms with Gasteiger partial charge in [0, 0.05) is 20.1 Å². The molecule has 0 spiro atoms. The van der Waals surface area contributed by atoms with Crippen LogP contribution >= 0.6 is 0 Å². The fourth-order valence-corrected chi connectivity index (χ4v) is 1.19. The molecule has 0 unspecified atom stereocenters. The van der Waals surface area contributed by atoms with Gasteiger partial charge >= 0.3 is 0 Å². The van der Waals surface area contributed by atoms with Gasteiger partial charge in [0.1, 0.15) is 0 Å². The van der Waals surface area contributed by atoms with E-state index in [0.717, 1.165) is 25.9 Å². The predicted octanol–water partition coefficient (Wildman–Crippen LogP) is 0.430. The highest BCUT2D eigenvalue weighted by molar-refractivity contribution is 5.78. The quantitative estimate of drug-likeness (QED) is 0.237. The zero-order chi connectivity index (χ0) is 8.27. The van der Waals surface area contributed by atoms with Gasteiger partial charge in [-0.25, -0.2) is 0 Å². The first-order chi connectivity index (χ1) is 5.25. The molecule has 1 rings (SSSR count). The van der Waals surface area contributed by atoms with Crippen molar-refractivity contribution in [3.63, 3.8) is 0 Å². The van der Waals surface area contributed by atoms with Gasteiger partial charge in [-0.05, 0) is 12.8 Å². The van der Waals surface area contributed by atoms with Crippen LogP contribution in [0.15, 0.2) is 0 Å². The van der Waals surface area contributed by atoms with E-state index >= 15 is 0 Å². The number of nitrogens with one attached hydrogen (secondary N) is 1. The Bertz CT molecular complexity index is 187. The average molecular weight is 152 g/mol. The van der Waals surface area contributed by atoms with E-state index in [0.29, 0.717) is 5.96 Å². The van der Waals surface area contributed by atoms with Crippen LogP contribution in [0.25, 0.3) is 0 Å². The maximum atomic E-state index is 8.47. The van der Waals surface area contributed by atoms with E-state index in [4.69, 9.17) is 10.7 Å². The summed E-state index contributed by atoms with van der Waals surface area (Å²) >= 11 is 0. The summed E-state index contributed by atoms with van der Waals surface area (Å²) in [6, 6.07) is 0. The Labute approximate surface area is 66.5 Å². The molecule has 60 valence electrons. The molecule has 11 heavy (non-hydrogen) atoms. The third-order valence-electron chi connectivity index (χ3n) is 1.87. The Hall–Kier alpha value is -1.24. The molecule has 0 aliphatic carbocycles. The van der Waals surface area contributed by atoms with Gasteiger partial charge in [0.15, 0.2) is 6.19 Å². The van der Waals surface area contributed by atoms with Crippen LogP contribution < -0.4 is 0 Å². The Morgan fingerprint density at radius 3 is 2.55 bits per heavy atom. The standard InChI is InChI=1S/C7H12N4/c1-10(6-8)7(9)11-4-2-3-5-11/h9H,2-5H2,1H3. The van der Waals surface area contributed by atoms with Gasteiger partial charge in [0.2, 0.25) is 5.96 Å². The van der Waals surface area contributed by atoms with E-state index in [-0.39, 0.29) is 0 Å². The molecule has 0 aromatic rings. The van der Waals surface area contributed by atoms with Gasteiger partial charge < -0.3 is 4.90 Å². The monoisotopic (exact) mass is 152 g/mol. The number of guanidine groups is 1. The zero-order valence-corrected chi connectivity index (χ0v) is 6.67. The van der Waals surface area contributed by atoms with Crippen LogP contribution in [0, 0.1) is 16.9 Å². The van der Waals surface area contributed by atoms with Crippen molar-refractivity contribution < 1.29 is 0 Å². The van der Waals surface area contributed by atoms with E-state index in [2.05, 4.69) is 0 Å². The Morgan fingerprint density at radius 2 is 2.09 bits per heavy atom. The van der Waals surface area contributed by atoms with Crippen molar-refractivity contribution >= 4 is 5.96 Å². The number of nitriles is 1. The highest BCUT2D eigenvalue weighted by Crippen LogP contribution is 2.08. The summed E-state index contributed by atoms with van der Waals surface area (Å²) in [4.78, 5) is 3.20. The maximum Gasteiger partial charge on any atom is 0.206 e. The van der Waals surface area contributed by atoms with Crippen LogP contribution in [0.4, 0.5) is 0 Å². The van der Waals surface area contributed by atoms with Gasteiger partial charge in [0.25, 0.3) is 0 Å². The fourth-order valence-electron chi connectivity index (χ4n) is 1.19. The summed E-state index contributed by atoms with van der Waals surface area (Å²) in [5.74, 6) is 0.324. The normalized spacial score (nSPS) is 16.2. The number of hydrogen-bond donors (Lipinski definition) is 1. The molecule has 1 saturated heterocycles. The summed E-state index contributed by atoms with van der Waals surface area (Å²) in [6.45, 7) is 1.84. The van der Waals surface area contributed by atoms with E-state index in [1.165, 1.54) is 4.90 Å². The number of rotatable bonds is 0. The number of hydrogen-bond acceptors (Lipinski definition) is 2. The molecule has 4 heteroatoms. The number of nitrogens with zero attached hydrogens (tertiary/aromatic N) is 3. The summed E-state index contributed by atoms with van der Waals surface area (Å²) in [5, 5.41) is 16.0. The molecule has 0 amide bonds. The van der Waals surface area contributed by atoms with Crippen molar-refractivity contribution in [2.24, 2.45) is 0 Å². The molecule has 1 aliphatic rings. The van der Waals surface area contributed by atoms with Crippen LogP contribution in [0.5, 0.6) is 0 Å².